The SMILES string of the molecule is C=C(C)/C(=C1/SC(S)N(CC(=O)O)C1=O)c1ccccc1. The van der Waals surface area contributed by atoms with Crippen LogP contribution in [-0.4, -0.2) is 33.1 Å². The molecule has 1 unspecified atom stereocenters. The zero-order chi connectivity index (χ0) is 15.6. The third-order valence-electron chi connectivity index (χ3n) is 2.97. The number of hydrogen-bond donors (Lipinski definition) is 2. The lowest BCUT2D eigenvalue weighted by Crippen LogP contribution is -2.34. The Hall–Kier alpha value is -1.66. The van der Waals surface area contributed by atoms with Crippen LogP contribution < -0.4 is 0 Å². The Bertz CT molecular complexity index is 625. The van der Waals surface area contributed by atoms with Gasteiger partial charge in [0.1, 0.15) is 11.3 Å². The van der Waals surface area contributed by atoms with Crippen LogP contribution in [0.4, 0.5) is 0 Å². The van der Waals surface area contributed by atoms with Crippen LogP contribution >= 0.6 is 24.4 Å². The molecule has 1 aliphatic rings. The van der Waals surface area contributed by atoms with E-state index in [0.29, 0.717) is 4.91 Å². The van der Waals surface area contributed by atoms with Gasteiger partial charge in [-0.05, 0) is 18.1 Å². The monoisotopic (exact) mass is 321 g/mol. The lowest BCUT2D eigenvalue weighted by atomic mass is 9.99. The number of carbonyl (C=O) groups excluding carboxylic acids is 1. The van der Waals surface area contributed by atoms with Gasteiger partial charge in [-0.15, -0.1) is 12.6 Å². The Morgan fingerprint density at radius 3 is 2.57 bits per heavy atom. The van der Waals surface area contributed by atoms with Gasteiger partial charge in [0, 0.05) is 5.57 Å². The van der Waals surface area contributed by atoms with Crippen molar-refractivity contribution in [3.8, 4) is 0 Å². The number of hydrogen-bond acceptors (Lipinski definition) is 4. The molecule has 1 aliphatic heterocycles. The van der Waals surface area contributed by atoms with Gasteiger partial charge in [-0.25, -0.2) is 0 Å². The largest absolute Gasteiger partial charge is 0.480 e. The van der Waals surface area contributed by atoms with Crippen molar-refractivity contribution in [2.75, 3.05) is 6.54 Å². The number of carboxylic acid groups (broad SMARTS) is 1. The molecule has 110 valence electrons. The van der Waals surface area contributed by atoms with E-state index >= 15 is 0 Å². The molecular formula is C15H15NO3S2. The Morgan fingerprint density at radius 2 is 2.05 bits per heavy atom. The fraction of sp³-hybridized carbons (Fsp3) is 0.200. The summed E-state index contributed by atoms with van der Waals surface area (Å²) in [5, 5.41) is 8.89. The summed E-state index contributed by atoms with van der Waals surface area (Å²) in [6.07, 6.45) is 0. The molecule has 1 saturated heterocycles. The lowest BCUT2D eigenvalue weighted by molar-refractivity contribution is -0.142. The summed E-state index contributed by atoms with van der Waals surface area (Å²) in [6.45, 7) is 5.41. The molecule has 1 aromatic carbocycles. The molecule has 1 atom stereocenters. The molecule has 1 amide bonds. The normalized spacial score (nSPS) is 20.6. The number of thioether (sulfide) groups is 1. The molecule has 0 bridgehead atoms. The van der Waals surface area contributed by atoms with E-state index in [1.807, 2.05) is 37.3 Å². The van der Waals surface area contributed by atoms with Crippen molar-refractivity contribution in [3.63, 3.8) is 0 Å². The van der Waals surface area contributed by atoms with Crippen molar-refractivity contribution >= 4 is 41.8 Å². The first-order chi connectivity index (χ1) is 9.91. The van der Waals surface area contributed by atoms with Gasteiger partial charge in [-0.1, -0.05) is 48.7 Å². The summed E-state index contributed by atoms with van der Waals surface area (Å²) in [5.74, 6) is -1.37. The van der Waals surface area contributed by atoms with E-state index in [-0.39, 0.29) is 12.5 Å². The van der Waals surface area contributed by atoms with Crippen LogP contribution in [0.3, 0.4) is 0 Å². The first-order valence-corrected chi connectivity index (χ1v) is 7.64. The summed E-state index contributed by atoms with van der Waals surface area (Å²) >= 11 is 5.55. The average Bonchev–Trinajstić information content (AvgIpc) is 2.68. The quantitative estimate of drug-likeness (QED) is 0.661. The van der Waals surface area contributed by atoms with Crippen LogP contribution in [0.2, 0.25) is 0 Å². The van der Waals surface area contributed by atoms with Crippen molar-refractivity contribution < 1.29 is 14.7 Å². The highest BCUT2D eigenvalue weighted by Gasteiger charge is 2.37. The first kappa shape index (κ1) is 15.7. The summed E-state index contributed by atoms with van der Waals surface area (Å²) in [4.78, 5) is 25.0. The minimum Gasteiger partial charge on any atom is -0.480 e. The highest BCUT2D eigenvalue weighted by molar-refractivity contribution is 8.14. The molecule has 1 fully saturated rings. The molecular weight excluding hydrogens is 306 g/mol. The minimum atomic E-state index is -1.05. The van der Waals surface area contributed by atoms with Gasteiger partial charge in [0.05, 0.1) is 4.91 Å². The van der Waals surface area contributed by atoms with Crippen molar-refractivity contribution in [3.05, 3.63) is 53.0 Å². The van der Waals surface area contributed by atoms with Gasteiger partial charge in [-0.3, -0.25) is 9.59 Å². The zero-order valence-corrected chi connectivity index (χ0v) is 13.2. The molecule has 0 spiro atoms. The third-order valence-corrected chi connectivity index (χ3v) is 4.64. The Morgan fingerprint density at radius 1 is 1.43 bits per heavy atom. The van der Waals surface area contributed by atoms with E-state index in [4.69, 9.17) is 5.11 Å². The molecule has 6 heteroatoms. The molecule has 4 nitrogen and oxygen atoms in total. The second kappa shape index (κ2) is 6.41. The standard InChI is InChI=1S/C15H15NO3S2/c1-9(2)12(10-6-4-3-5-7-10)13-14(19)16(8-11(17)18)15(20)21-13/h3-7,15,20H,1,8H2,2H3,(H,17,18)/b13-12-. The van der Waals surface area contributed by atoms with E-state index in [2.05, 4.69) is 19.2 Å². The molecule has 0 aliphatic carbocycles. The van der Waals surface area contributed by atoms with Crippen molar-refractivity contribution in [2.24, 2.45) is 0 Å². The number of thiol groups is 1. The topological polar surface area (TPSA) is 57.6 Å². The predicted molar refractivity (Wildman–Crippen MR) is 87.9 cm³/mol. The second-order valence-corrected chi connectivity index (χ2v) is 6.55. The second-order valence-electron chi connectivity index (χ2n) is 4.62. The number of amides is 1. The van der Waals surface area contributed by atoms with Crippen molar-refractivity contribution in [1.29, 1.82) is 0 Å². The van der Waals surface area contributed by atoms with Crippen LogP contribution in [0.5, 0.6) is 0 Å². The maximum atomic E-state index is 12.5. The Kier molecular flexibility index (Phi) is 4.80. The fourth-order valence-electron chi connectivity index (χ4n) is 2.09. The zero-order valence-electron chi connectivity index (χ0n) is 11.4. The third kappa shape index (κ3) is 3.33. The number of benzene rings is 1. The molecule has 1 N–H and O–H groups in total. The van der Waals surface area contributed by atoms with Crippen molar-refractivity contribution in [2.45, 2.75) is 11.6 Å². The lowest BCUT2D eigenvalue weighted by Gasteiger charge is -2.16. The number of allylic oxidation sites excluding steroid dienone is 2. The van der Waals surface area contributed by atoms with Crippen molar-refractivity contribution in [1.82, 2.24) is 4.90 Å². The summed E-state index contributed by atoms with van der Waals surface area (Å²) < 4.78 is -0.498. The molecule has 1 aromatic rings. The maximum Gasteiger partial charge on any atom is 0.323 e. The minimum absolute atomic E-state index is 0.316. The first-order valence-electron chi connectivity index (χ1n) is 6.25. The summed E-state index contributed by atoms with van der Waals surface area (Å²) in [5.41, 5.74) is 2.39. The van der Waals surface area contributed by atoms with Gasteiger partial charge < -0.3 is 10.0 Å². The number of nitrogens with zero attached hydrogens (tertiary/aromatic N) is 1. The van der Waals surface area contributed by atoms with Gasteiger partial charge >= 0.3 is 5.97 Å². The molecule has 2 rings (SSSR count). The molecule has 1 heterocycles. The van der Waals surface area contributed by atoms with Crippen LogP contribution in [0.25, 0.3) is 5.57 Å². The highest BCUT2D eigenvalue weighted by atomic mass is 32.2. The van der Waals surface area contributed by atoms with Crippen LogP contribution in [-0.2, 0) is 9.59 Å². The number of aliphatic carboxylic acids is 1. The molecule has 0 radical (unpaired) electrons. The number of rotatable bonds is 4. The van der Waals surface area contributed by atoms with Crippen LogP contribution in [0.1, 0.15) is 12.5 Å². The summed E-state index contributed by atoms with van der Waals surface area (Å²) in [7, 11) is 0. The number of carboxylic acids is 1. The average molecular weight is 321 g/mol. The molecule has 21 heavy (non-hydrogen) atoms. The van der Waals surface area contributed by atoms with E-state index in [0.717, 1.165) is 16.7 Å². The van der Waals surface area contributed by atoms with Gasteiger partial charge in [0.15, 0.2) is 0 Å². The smallest absolute Gasteiger partial charge is 0.323 e. The molecule has 0 aromatic heterocycles. The fourth-order valence-corrected chi connectivity index (χ4v) is 3.73. The summed E-state index contributed by atoms with van der Waals surface area (Å²) in [6, 6.07) is 9.47. The molecule has 0 saturated carbocycles. The van der Waals surface area contributed by atoms with E-state index in [1.54, 1.807) is 0 Å². The van der Waals surface area contributed by atoms with Gasteiger partial charge in [-0.2, -0.15) is 0 Å². The van der Waals surface area contributed by atoms with Gasteiger partial charge in [0.25, 0.3) is 5.91 Å². The van der Waals surface area contributed by atoms with Gasteiger partial charge in [0.2, 0.25) is 0 Å². The predicted octanol–water partition coefficient (Wildman–Crippen LogP) is 2.85. The Balaban J connectivity index is 2.48. The maximum absolute atomic E-state index is 12.5. The Labute approximate surface area is 132 Å². The van der Waals surface area contributed by atoms with Crippen LogP contribution in [0, 0.1) is 0 Å². The van der Waals surface area contributed by atoms with E-state index < -0.39 is 10.7 Å². The van der Waals surface area contributed by atoms with E-state index in [9.17, 15) is 9.59 Å². The highest BCUT2D eigenvalue weighted by Crippen LogP contribution is 2.42. The number of carbonyl (C=O) groups is 2. The van der Waals surface area contributed by atoms with Crippen LogP contribution in [0.15, 0.2) is 47.4 Å². The van der Waals surface area contributed by atoms with E-state index in [1.165, 1.54) is 16.7 Å².